The average Bonchev–Trinajstić information content (AvgIpc) is 1.36. The lowest BCUT2D eigenvalue weighted by Gasteiger charge is -2.21. The zero-order valence-electron chi connectivity index (χ0n) is 61.9. The van der Waals surface area contributed by atoms with Crippen LogP contribution in [0.1, 0.15) is 303 Å². The minimum Gasteiger partial charge on any atom is -0.463 e. The minimum absolute atomic E-state index is 0.0876. The fourth-order valence-corrected chi connectivity index (χ4v) is 11.6. The van der Waals surface area contributed by atoms with Gasteiger partial charge in [0.05, 0.1) is 26.4 Å². The van der Waals surface area contributed by atoms with Crippen molar-refractivity contribution in [3.63, 3.8) is 0 Å². The van der Waals surface area contributed by atoms with Crippen LogP contribution in [-0.2, 0) is 55.8 Å². The number of unbranched alkanes of at least 4 members (excludes halogenated alkanes) is 27. The number of carbonyl (C=O) groups excluding carboxylic acids is 3. The molecule has 0 aliphatic rings. The second-order valence-electron chi connectivity index (χ2n) is 25.4. The van der Waals surface area contributed by atoms with Gasteiger partial charge in [0.1, 0.15) is 25.4 Å². The molecule has 0 saturated carbocycles. The molecule has 0 amide bonds. The molecule has 0 aromatic rings. The first-order valence-corrected chi connectivity index (χ1v) is 41.5. The fraction of sp³-hybridized carbons (Fsp3) is 0.691. The number of aliphatic hydroxyl groups is 2. The molecule has 568 valence electrons. The van der Waals surface area contributed by atoms with E-state index in [9.17, 15) is 43.5 Å². The first-order chi connectivity index (χ1) is 48.2. The van der Waals surface area contributed by atoms with Gasteiger partial charge in [0.2, 0.25) is 0 Å². The Balaban J connectivity index is 4.51. The zero-order chi connectivity index (χ0) is 72.3. The van der Waals surface area contributed by atoms with Crippen molar-refractivity contribution in [2.75, 3.05) is 39.6 Å². The van der Waals surface area contributed by atoms with E-state index in [0.29, 0.717) is 19.3 Å². The highest BCUT2D eigenvalue weighted by Crippen LogP contribution is 2.45. The third-order valence-electron chi connectivity index (χ3n) is 15.8. The Bertz CT molecular complexity index is 2330. The van der Waals surface area contributed by atoms with Gasteiger partial charge in [0.15, 0.2) is 6.10 Å². The first-order valence-electron chi connectivity index (χ1n) is 38.5. The topological polar surface area (TPSA) is 231 Å². The molecule has 0 aromatic heterocycles. The quantitative estimate of drug-likeness (QED) is 0.0146. The summed E-state index contributed by atoms with van der Waals surface area (Å²) in [5.41, 5.74) is 0. The van der Waals surface area contributed by atoms with Crippen molar-refractivity contribution >= 4 is 33.6 Å². The summed E-state index contributed by atoms with van der Waals surface area (Å²) >= 11 is 0. The molecule has 0 bridgehead atoms. The lowest BCUT2D eigenvalue weighted by molar-refractivity contribution is -0.161. The molecule has 0 rings (SSSR count). The summed E-state index contributed by atoms with van der Waals surface area (Å²) in [6.45, 7) is 2.41. The molecular weight excluding hydrogens is 1290 g/mol. The van der Waals surface area contributed by atoms with Crippen molar-refractivity contribution in [2.24, 2.45) is 0 Å². The molecule has 0 saturated heterocycles. The van der Waals surface area contributed by atoms with Gasteiger partial charge in [-0.05, 0) is 135 Å². The Morgan fingerprint density at radius 1 is 0.293 bits per heavy atom. The van der Waals surface area contributed by atoms with Crippen LogP contribution < -0.4 is 0 Å². The summed E-state index contributed by atoms with van der Waals surface area (Å²) < 4.78 is 61.0. The van der Waals surface area contributed by atoms with Gasteiger partial charge in [-0.3, -0.25) is 32.5 Å². The largest absolute Gasteiger partial charge is 0.472 e. The normalized spacial score (nSPS) is 14.8. The molecule has 0 aliphatic carbocycles. The maximum Gasteiger partial charge on any atom is 0.472 e. The van der Waals surface area contributed by atoms with Gasteiger partial charge < -0.3 is 34.2 Å². The van der Waals surface area contributed by atoms with Crippen LogP contribution in [-0.4, -0.2) is 95.9 Å². The molecule has 0 aromatic carbocycles. The number of hydrogen-bond donors (Lipinski definition) is 4. The third kappa shape index (κ3) is 74.7. The average molecular weight is 1430 g/mol. The second-order valence-corrected chi connectivity index (χ2v) is 28.3. The van der Waals surface area contributed by atoms with Crippen LogP contribution in [0.3, 0.4) is 0 Å². The number of allylic oxidation sites excluding steroid dienone is 22. The monoisotopic (exact) mass is 1430 g/mol. The van der Waals surface area contributed by atoms with E-state index in [1.54, 1.807) is 0 Å². The van der Waals surface area contributed by atoms with Crippen molar-refractivity contribution < 1.29 is 75.8 Å². The van der Waals surface area contributed by atoms with E-state index in [1.807, 2.05) is 0 Å². The summed E-state index contributed by atoms with van der Waals surface area (Å²) in [4.78, 5) is 58.5. The van der Waals surface area contributed by atoms with Gasteiger partial charge in [-0.1, -0.05) is 283 Å². The van der Waals surface area contributed by atoms with E-state index in [0.717, 1.165) is 161 Å². The van der Waals surface area contributed by atoms with Crippen molar-refractivity contribution in [1.82, 2.24) is 0 Å². The Labute approximate surface area is 601 Å². The Hall–Kier alpha value is -4.31. The summed E-state index contributed by atoms with van der Waals surface area (Å²) in [6, 6.07) is 0. The van der Waals surface area contributed by atoms with E-state index in [-0.39, 0.29) is 19.3 Å². The predicted molar refractivity (Wildman–Crippen MR) is 408 cm³/mol. The number of rotatable bonds is 72. The molecular formula is C81H138O16P2. The van der Waals surface area contributed by atoms with Crippen LogP contribution in [0.4, 0.5) is 0 Å². The molecule has 0 fully saturated rings. The minimum atomic E-state index is -4.94. The van der Waals surface area contributed by atoms with Crippen LogP contribution >= 0.6 is 15.6 Å². The molecule has 16 nitrogen and oxygen atoms in total. The number of ether oxygens (including phenoxy) is 3. The zero-order valence-corrected chi connectivity index (χ0v) is 63.7. The van der Waals surface area contributed by atoms with Crippen LogP contribution in [0.2, 0.25) is 0 Å². The number of carbonyl (C=O) groups is 3. The maximum atomic E-state index is 12.9. The van der Waals surface area contributed by atoms with E-state index in [2.05, 4.69) is 154 Å². The summed E-state index contributed by atoms with van der Waals surface area (Å²) in [7, 11) is -9.79. The van der Waals surface area contributed by atoms with E-state index in [1.165, 1.54) is 83.5 Å². The van der Waals surface area contributed by atoms with Crippen LogP contribution in [0.5, 0.6) is 0 Å². The third-order valence-corrected chi connectivity index (χ3v) is 17.7. The molecule has 4 N–H and O–H groups in total. The van der Waals surface area contributed by atoms with E-state index in [4.69, 9.17) is 32.3 Å². The number of phosphoric acid groups is 2. The number of esters is 3. The maximum absolute atomic E-state index is 12.9. The molecule has 0 aliphatic heterocycles. The number of hydrogen-bond acceptors (Lipinski definition) is 14. The lowest BCUT2D eigenvalue weighted by atomic mass is 10.0. The number of phosphoric ester groups is 2. The highest BCUT2D eigenvalue weighted by Gasteiger charge is 2.29. The van der Waals surface area contributed by atoms with Crippen LogP contribution in [0, 0.1) is 0 Å². The molecule has 5 atom stereocenters. The Morgan fingerprint density at radius 3 is 0.859 bits per heavy atom. The van der Waals surface area contributed by atoms with E-state index < -0.39 is 91.5 Å². The Morgan fingerprint density at radius 2 is 0.535 bits per heavy atom. The number of aliphatic hydroxyl groups excluding tert-OH is 2. The predicted octanol–water partition coefficient (Wildman–Crippen LogP) is 22.3. The molecule has 0 heterocycles. The molecule has 0 radical (unpaired) electrons. The SMILES string of the molecule is CC/C=C\C/C=C\C/C=C\C/C=C\C/C=C\CCCCCCCCCCCCCCCC(=O)OCC(O)COP(=O)(O)OCC(O)COP(=O)(O)OCC(COC(=O)CCCCCCC/C=C\C/C=C\C/C=C\C/C=C\C/C=C\CC)OC(=O)CCCCCCC/C=C\CCCCCC. The second kappa shape index (κ2) is 73.4. The highest BCUT2D eigenvalue weighted by atomic mass is 31.2. The molecule has 0 spiro atoms. The van der Waals surface area contributed by atoms with Gasteiger partial charge in [-0.25, -0.2) is 9.13 Å². The molecule has 99 heavy (non-hydrogen) atoms. The van der Waals surface area contributed by atoms with E-state index >= 15 is 0 Å². The lowest BCUT2D eigenvalue weighted by Crippen LogP contribution is -2.30. The Kier molecular flexibility index (Phi) is 70.2. The van der Waals surface area contributed by atoms with Gasteiger partial charge in [0, 0.05) is 19.3 Å². The van der Waals surface area contributed by atoms with Gasteiger partial charge in [-0.2, -0.15) is 0 Å². The van der Waals surface area contributed by atoms with Gasteiger partial charge in [0.25, 0.3) is 0 Å². The van der Waals surface area contributed by atoms with Crippen molar-refractivity contribution in [3.05, 3.63) is 134 Å². The summed E-state index contributed by atoms with van der Waals surface area (Å²) in [6.07, 6.45) is 87.9. The summed E-state index contributed by atoms with van der Waals surface area (Å²) in [5, 5.41) is 20.6. The van der Waals surface area contributed by atoms with Crippen molar-refractivity contribution in [2.45, 2.75) is 322 Å². The molecule has 18 heteroatoms. The van der Waals surface area contributed by atoms with Crippen molar-refractivity contribution in [1.29, 1.82) is 0 Å². The summed E-state index contributed by atoms with van der Waals surface area (Å²) in [5.74, 6) is -1.61. The standard InChI is InChI=1S/C81H138O16P2/c1-4-7-10-13-16-19-22-25-27-29-31-33-34-35-36-37-38-39-40-42-44-45-47-50-52-55-58-61-64-67-79(84)91-70-76(82)71-93-98(87,88)94-72-77(83)73-95-99(89,90)96-75-78(97-81(86)69-66-63-60-57-54-49-24-21-18-15-12-9-6-3)74-92-80(85)68-65-62-59-56-53-51-48-46-43-41-32-30-28-26-23-20-17-14-11-8-5-2/h7-8,10-11,16-17,19-21,24-28,31-33,35-36,41,46,48,76-78,82-83H,4-6,9,12-15,18,22-23,29-30,34,37-40,42-45,47,49-75H2,1-3H3,(H,87,88)(H,89,90)/b10-7-,11-8-,19-16-,20-17-,24-21-,27-25-,28-26-,33-31-,36-35-,41-32-,48-46-. The van der Waals surface area contributed by atoms with Gasteiger partial charge >= 0.3 is 33.6 Å². The fourth-order valence-electron chi connectivity index (χ4n) is 10.0. The van der Waals surface area contributed by atoms with Crippen molar-refractivity contribution in [3.8, 4) is 0 Å². The molecule has 5 unspecified atom stereocenters. The first kappa shape index (κ1) is 94.7. The highest BCUT2D eigenvalue weighted by molar-refractivity contribution is 7.47. The van der Waals surface area contributed by atoms with Crippen LogP contribution in [0.25, 0.3) is 0 Å². The smallest absolute Gasteiger partial charge is 0.463 e. The van der Waals surface area contributed by atoms with Crippen LogP contribution in [0.15, 0.2) is 134 Å². The van der Waals surface area contributed by atoms with Gasteiger partial charge in [-0.15, -0.1) is 0 Å².